The highest BCUT2D eigenvalue weighted by Gasteiger charge is 2.36. The van der Waals surface area contributed by atoms with Gasteiger partial charge in [0.1, 0.15) is 10.6 Å². The van der Waals surface area contributed by atoms with Gasteiger partial charge in [0, 0.05) is 65.5 Å². The maximum atomic E-state index is 13.7. The van der Waals surface area contributed by atoms with Gasteiger partial charge in [0.25, 0.3) is 0 Å². The van der Waals surface area contributed by atoms with Crippen LogP contribution < -0.4 is 0 Å². The Morgan fingerprint density at radius 2 is 1.63 bits per heavy atom. The Morgan fingerprint density at radius 3 is 2.20 bits per heavy atom. The first kappa shape index (κ1) is 30.0. The van der Waals surface area contributed by atoms with Crippen LogP contribution in [0.5, 0.6) is 0 Å². The van der Waals surface area contributed by atoms with Gasteiger partial charge in [-0.05, 0) is 71.3 Å². The molecule has 0 spiro atoms. The lowest BCUT2D eigenvalue weighted by Gasteiger charge is -2.39. The minimum atomic E-state index is -1.76. The number of hydrogen-bond donors (Lipinski definition) is 0. The molecule has 12 nitrogen and oxygen atoms in total. The van der Waals surface area contributed by atoms with Crippen molar-refractivity contribution >= 4 is 45.2 Å². The highest BCUT2D eigenvalue weighted by atomic mass is 16.8. The van der Waals surface area contributed by atoms with E-state index in [9.17, 15) is 24.5 Å². The Bertz CT molecular complexity index is 1530. The van der Waals surface area contributed by atoms with Crippen molar-refractivity contribution in [1.82, 2.24) is 14.4 Å². The summed E-state index contributed by atoms with van der Waals surface area (Å²) < 4.78 is 7.58. The van der Waals surface area contributed by atoms with Gasteiger partial charge in [-0.3, -0.25) is 29.4 Å². The Balaban J connectivity index is 1.76. The molecule has 218 valence electrons. The van der Waals surface area contributed by atoms with E-state index in [2.05, 4.69) is 19.5 Å². The van der Waals surface area contributed by atoms with E-state index in [0.29, 0.717) is 45.0 Å². The Morgan fingerprint density at radius 1 is 1.05 bits per heavy atom. The number of aromatic nitrogens is 1. The molecule has 1 fully saturated rings. The number of carbonyl (C=O) groups is 3. The van der Waals surface area contributed by atoms with Gasteiger partial charge in [-0.15, -0.1) is 0 Å². The fourth-order valence-corrected chi connectivity index (χ4v) is 5.17. The fourth-order valence-electron chi connectivity index (χ4n) is 5.17. The normalized spacial score (nSPS) is 15.0. The molecule has 0 N–H and O–H groups in total. The van der Waals surface area contributed by atoms with Gasteiger partial charge in [0.2, 0.25) is 5.78 Å². The van der Waals surface area contributed by atoms with Crippen molar-refractivity contribution in [1.29, 1.82) is 0 Å². The molecule has 12 heteroatoms. The second kappa shape index (κ2) is 12.2. The Hall–Kier alpha value is -4.00. The lowest BCUT2D eigenvalue weighted by atomic mass is 9.90. The van der Waals surface area contributed by atoms with Crippen molar-refractivity contribution in [3.8, 4) is 0 Å². The third-order valence-corrected chi connectivity index (χ3v) is 7.50. The van der Waals surface area contributed by atoms with Crippen molar-refractivity contribution in [3.63, 3.8) is 0 Å². The van der Waals surface area contributed by atoms with E-state index >= 15 is 0 Å². The molecule has 0 atom stereocenters. The number of ketones is 2. The monoisotopic (exact) mass is 565 g/mol. The summed E-state index contributed by atoms with van der Waals surface area (Å²) in [4.78, 5) is 56.4. The smallest absolute Gasteiger partial charge is 0.379 e. The summed E-state index contributed by atoms with van der Waals surface area (Å²) in [5.41, 5.74) is 1.83. The van der Waals surface area contributed by atoms with Crippen LogP contribution in [0.4, 0.5) is 4.79 Å². The van der Waals surface area contributed by atoms with Gasteiger partial charge in [0.15, 0.2) is 5.78 Å². The summed E-state index contributed by atoms with van der Waals surface area (Å²) in [6.07, 6.45) is -1.65. The van der Waals surface area contributed by atoms with Crippen molar-refractivity contribution in [3.05, 3.63) is 57.6 Å². The lowest BCUT2D eigenvalue weighted by Crippen LogP contribution is -2.54. The molecule has 2 heterocycles. The lowest BCUT2D eigenvalue weighted by molar-refractivity contribution is -0.396. The quantitative estimate of drug-likeness (QED) is 0.117. The number of carbonyl (C=O) groups excluding carboxylic acids is 3. The molecule has 0 aliphatic carbocycles. The minimum Gasteiger partial charge on any atom is -0.379 e. The highest BCUT2D eigenvalue weighted by Crippen LogP contribution is 2.32. The van der Waals surface area contributed by atoms with Gasteiger partial charge in [-0.2, -0.15) is 4.79 Å². The average molecular weight is 566 g/mol. The highest BCUT2D eigenvalue weighted by molar-refractivity contribution is 6.46. The summed E-state index contributed by atoms with van der Waals surface area (Å²) >= 11 is 0. The van der Waals surface area contributed by atoms with Crippen LogP contribution >= 0.6 is 0 Å². The molecule has 4 rings (SSSR count). The number of rotatable bonds is 10. The molecule has 1 saturated heterocycles. The number of nitrogens with zero attached hydrogens (tertiary/aromatic N) is 5. The zero-order chi connectivity index (χ0) is 29.9. The number of oxime groups is 1. The fraction of sp³-hybridized carbons (Fsp3) is 0.448. The number of benzene rings is 2. The predicted molar refractivity (Wildman–Crippen MR) is 154 cm³/mol. The van der Waals surface area contributed by atoms with Gasteiger partial charge in [-0.1, -0.05) is 5.16 Å². The van der Waals surface area contributed by atoms with Crippen molar-refractivity contribution in [2.45, 2.75) is 39.3 Å². The number of morpholine rings is 1. The first-order valence-corrected chi connectivity index (χ1v) is 13.5. The Kier molecular flexibility index (Phi) is 8.95. The molecule has 41 heavy (non-hydrogen) atoms. The molecule has 0 bridgehead atoms. The molecule has 1 amide bonds. The molecule has 0 saturated carbocycles. The second-order valence-corrected chi connectivity index (χ2v) is 10.7. The zero-order valence-corrected chi connectivity index (χ0v) is 24.0. The number of nitro groups is 1. The molecule has 1 aliphatic rings. The van der Waals surface area contributed by atoms with E-state index in [-0.39, 0.29) is 23.5 Å². The summed E-state index contributed by atoms with van der Waals surface area (Å²) in [7, 11) is 3.60. The topological polar surface area (TPSA) is 137 Å². The van der Waals surface area contributed by atoms with Gasteiger partial charge in [-0.25, -0.2) is 0 Å². The van der Waals surface area contributed by atoms with Crippen LogP contribution in [0.2, 0.25) is 0 Å². The second-order valence-electron chi connectivity index (χ2n) is 10.7. The number of amides is 1. The first-order chi connectivity index (χ1) is 19.4. The van der Waals surface area contributed by atoms with Crippen LogP contribution in [0.1, 0.15) is 47.9 Å². The van der Waals surface area contributed by atoms with Crippen LogP contribution in [-0.4, -0.2) is 95.1 Å². The number of ether oxygens (including phenoxy) is 1. The molecule has 2 aromatic carbocycles. The van der Waals surface area contributed by atoms with E-state index in [0.717, 1.165) is 21.8 Å². The van der Waals surface area contributed by atoms with Gasteiger partial charge >= 0.3 is 6.09 Å². The largest absolute Gasteiger partial charge is 0.683 e. The zero-order valence-electron chi connectivity index (χ0n) is 24.0. The molecule has 0 unspecified atom stereocenters. The van der Waals surface area contributed by atoms with Crippen LogP contribution in [0.15, 0.2) is 41.6 Å². The molecule has 1 aromatic heterocycles. The van der Waals surface area contributed by atoms with Gasteiger partial charge < -0.3 is 14.2 Å². The van der Waals surface area contributed by atoms with Crippen LogP contribution in [0.3, 0.4) is 0 Å². The van der Waals surface area contributed by atoms with E-state index in [1.807, 2.05) is 49.9 Å². The average Bonchev–Trinajstić information content (AvgIpc) is 3.28. The summed E-state index contributed by atoms with van der Waals surface area (Å²) in [5, 5.41) is 15.8. The Labute approximate surface area is 237 Å². The van der Waals surface area contributed by atoms with E-state index in [4.69, 9.17) is 4.74 Å². The summed E-state index contributed by atoms with van der Waals surface area (Å²) in [5.74, 6) is -0.514. The SMILES string of the molecule is CCn1c2ccc(C(=O)/C(CCN(C)C)=N/OC(=O)[N+](=O)[O-])cc2c2cc(C(=O)C(C)(C)N3CCOCC3)ccc21. The van der Waals surface area contributed by atoms with E-state index in [1.165, 1.54) is 0 Å². The number of aryl methyl sites for hydroxylation is 1. The molecular formula is C29H35N5O7. The van der Waals surface area contributed by atoms with Crippen molar-refractivity contribution < 1.29 is 28.9 Å². The van der Waals surface area contributed by atoms with Crippen molar-refractivity contribution in [2.75, 3.05) is 46.9 Å². The van der Waals surface area contributed by atoms with Gasteiger partial charge in [0.05, 0.1) is 18.8 Å². The van der Waals surface area contributed by atoms with Crippen LogP contribution in [0, 0.1) is 10.1 Å². The number of fused-ring (bicyclic) bond motifs is 3. The summed E-state index contributed by atoms with van der Waals surface area (Å²) in [6, 6.07) is 10.9. The van der Waals surface area contributed by atoms with Crippen molar-refractivity contribution in [2.24, 2.45) is 5.16 Å². The van der Waals surface area contributed by atoms with E-state index < -0.39 is 22.3 Å². The molecular weight excluding hydrogens is 530 g/mol. The predicted octanol–water partition coefficient (Wildman–Crippen LogP) is 4.01. The molecule has 1 aliphatic heterocycles. The third kappa shape index (κ3) is 6.19. The first-order valence-electron chi connectivity index (χ1n) is 13.5. The maximum Gasteiger partial charge on any atom is 0.683 e. The van der Waals surface area contributed by atoms with Crippen LogP contribution in [0.25, 0.3) is 21.8 Å². The number of hydrogen-bond acceptors (Lipinski definition) is 10. The number of Topliss-reactive ketones (excluding diaryl/α,β-unsaturated/α-hetero) is 2. The van der Waals surface area contributed by atoms with Crippen LogP contribution in [-0.2, 0) is 16.1 Å². The van der Waals surface area contributed by atoms with E-state index in [1.54, 1.807) is 26.2 Å². The third-order valence-electron chi connectivity index (χ3n) is 7.50. The summed E-state index contributed by atoms with van der Waals surface area (Å²) in [6.45, 7) is 9.48. The standard InChI is InChI=1S/C29H35N5O7/c1-6-33-24-9-7-19(26(35)23(11-12-31(4)5)30-41-28(37)34(38)39)17-21(24)22-18-20(8-10-25(22)33)27(36)29(2,3)32-13-15-40-16-14-32/h7-10,17-18H,6,11-16H2,1-5H3/b30-23+. The molecule has 0 radical (unpaired) electrons. The minimum absolute atomic E-state index is 0.00311. The maximum absolute atomic E-state index is 13.7. The molecule has 3 aromatic rings.